The lowest BCUT2D eigenvalue weighted by molar-refractivity contribution is 1.26. The van der Waals surface area contributed by atoms with E-state index in [0.29, 0.717) is 0 Å². The van der Waals surface area contributed by atoms with Crippen molar-refractivity contribution >= 4 is 17.8 Å². The number of nitrogens with zero attached hydrogens (tertiary/aromatic N) is 1. The monoisotopic (exact) mass is 230 g/mol. The summed E-state index contributed by atoms with van der Waals surface area (Å²) in [6.07, 6.45) is 1.62. The highest BCUT2D eigenvalue weighted by atomic mass is 35.5. The number of hydrazone groups is 1. The van der Waals surface area contributed by atoms with E-state index in [2.05, 4.69) is 5.10 Å². The lowest BCUT2D eigenvalue weighted by Gasteiger charge is -2.03. The largest absolute Gasteiger partial charge is 0.323 e. The van der Waals surface area contributed by atoms with Gasteiger partial charge >= 0.3 is 0 Å². The maximum atomic E-state index is 5.95. The van der Waals surface area contributed by atoms with Crippen LogP contribution in [0.5, 0.6) is 0 Å². The van der Waals surface area contributed by atoms with Crippen LogP contribution < -0.4 is 5.84 Å². The van der Waals surface area contributed by atoms with E-state index in [4.69, 9.17) is 17.4 Å². The fraction of sp³-hybridized carbons (Fsp3) is 0. The van der Waals surface area contributed by atoms with E-state index < -0.39 is 0 Å². The predicted molar refractivity (Wildman–Crippen MR) is 68.7 cm³/mol. The van der Waals surface area contributed by atoms with Crippen molar-refractivity contribution in [2.24, 2.45) is 10.9 Å². The molecule has 2 rings (SSSR count). The SMILES string of the molecule is NN=Cc1cccc(-c2cccc(Cl)c2)c1. The van der Waals surface area contributed by atoms with Crippen LogP contribution in [-0.4, -0.2) is 6.21 Å². The Bertz CT molecular complexity index is 521. The zero-order valence-electron chi connectivity index (χ0n) is 8.60. The van der Waals surface area contributed by atoms with E-state index in [1.54, 1.807) is 6.21 Å². The highest BCUT2D eigenvalue weighted by Gasteiger charge is 1.98. The minimum absolute atomic E-state index is 0.732. The molecular formula is C13H11ClN2. The van der Waals surface area contributed by atoms with Crippen molar-refractivity contribution in [3.8, 4) is 11.1 Å². The highest BCUT2D eigenvalue weighted by Crippen LogP contribution is 2.22. The molecule has 0 aliphatic heterocycles. The Hall–Kier alpha value is -1.80. The van der Waals surface area contributed by atoms with Crippen LogP contribution in [0.1, 0.15) is 5.56 Å². The highest BCUT2D eigenvalue weighted by molar-refractivity contribution is 6.30. The summed E-state index contributed by atoms with van der Waals surface area (Å²) in [5, 5.41) is 4.24. The summed E-state index contributed by atoms with van der Waals surface area (Å²) in [6, 6.07) is 15.7. The van der Waals surface area contributed by atoms with Crippen molar-refractivity contribution in [1.29, 1.82) is 0 Å². The summed E-state index contributed by atoms with van der Waals surface area (Å²) in [5.74, 6) is 5.12. The van der Waals surface area contributed by atoms with Crippen LogP contribution in [0.25, 0.3) is 11.1 Å². The molecule has 0 aromatic heterocycles. The normalized spacial score (nSPS) is 10.8. The first-order valence-electron chi connectivity index (χ1n) is 4.89. The summed E-state index contributed by atoms with van der Waals surface area (Å²) in [5.41, 5.74) is 3.15. The van der Waals surface area contributed by atoms with E-state index in [-0.39, 0.29) is 0 Å². The maximum Gasteiger partial charge on any atom is 0.0538 e. The van der Waals surface area contributed by atoms with Crippen LogP contribution in [0.4, 0.5) is 0 Å². The molecular weight excluding hydrogens is 220 g/mol. The van der Waals surface area contributed by atoms with Gasteiger partial charge in [0.1, 0.15) is 0 Å². The molecule has 0 spiro atoms. The standard InChI is InChI=1S/C13H11ClN2/c14-13-6-2-5-12(8-13)11-4-1-3-10(7-11)9-16-15/h1-9H,15H2. The zero-order valence-corrected chi connectivity index (χ0v) is 9.35. The first kappa shape index (κ1) is 10.7. The minimum Gasteiger partial charge on any atom is -0.323 e. The van der Waals surface area contributed by atoms with Crippen molar-refractivity contribution in [2.75, 3.05) is 0 Å². The van der Waals surface area contributed by atoms with Gasteiger partial charge in [-0.1, -0.05) is 41.9 Å². The first-order chi connectivity index (χ1) is 7.79. The summed E-state index contributed by atoms with van der Waals surface area (Å²) < 4.78 is 0. The fourth-order valence-electron chi connectivity index (χ4n) is 1.55. The molecule has 0 saturated heterocycles. The molecule has 0 amide bonds. The summed E-state index contributed by atoms with van der Waals surface area (Å²) >= 11 is 5.95. The van der Waals surface area contributed by atoms with Gasteiger partial charge in [-0.05, 0) is 34.9 Å². The van der Waals surface area contributed by atoms with E-state index in [1.165, 1.54) is 0 Å². The molecule has 0 unspecified atom stereocenters. The van der Waals surface area contributed by atoms with Crippen molar-refractivity contribution < 1.29 is 0 Å². The number of rotatable bonds is 2. The lowest BCUT2D eigenvalue weighted by Crippen LogP contribution is -1.87. The quantitative estimate of drug-likeness (QED) is 0.480. The first-order valence-corrected chi connectivity index (χ1v) is 5.26. The number of nitrogens with two attached hydrogens (primary N) is 1. The molecule has 2 aromatic carbocycles. The van der Waals surface area contributed by atoms with Crippen molar-refractivity contribution in [2.45, 2.75) is 0 Å². The third kappa shape index (κ3) is 2.41. The van der Waals surface area contributed by atoms with Gasteiger partial charge in [0.25, 0.3) is 0 Å². The van der Waals surface area contributed by atoms with Gasteiger partial charge in [-0.2, -0.15) is 5.10 Å². The Morgan fingerprint density at radius 2 is 1.69 bits per heavy atom. The third-order valence-electron chi connectivity index (χ3n) is 2.27. The molecule has 0 atom stereocenters. The lowest BCUT2D eigenvalue weighted by atomic mass is 10.0. The fourth-order valence-corrected chi connectivity index (χ4v) is 1.74. The van der Waals surface area contributed by atoms with E-state index in [9.17, 15) is 0 Å². The van der Waals surface area contributed by atoms with Gasteiger partial charge in [0, 0.05) is 5.02 Å². The third-order valence-corrected chi connectivity index (χ3v) is 2.50. The van der Waals surface area contributed by atoms with Gasteiger partial charge in [0.15, 0.2) is 0 Å². The molecule has 0 bridgehead atoms. The Morgan fingerprint density at radius 1 is 1.00 bits per heavy atom. The average molecular weight is 231 g/mol. The van der Waals surface area contributed by atoms with Crippen molar-refractivity contribution in [3.05, 3.63) is 59.1 Å². The molecule has 2 aromatic rings. The number of halogens is 1. The van der Waals surface area contributed by atoms with Crippen molar-refractivity contribution in [3.63, 3.8) is 0 Å². The molecule has 80 valence electrons. The van der Waals surface area contributed by atoms with Gasteiger partial charge in [0.2, 0.25) is 0 Å². The Balaban J connectivity index is 2.44. The Morgan fingerprint density at radius 3 is 2.38 bits per heavy atom. The summed E-state index contributed by atoms with van der Waals surface area (Å²) in [7, 11) is 0. The number of hydrogen-bond acceptors (Lipinski definition) is 2. The van der Waals surface area contributed by atoms with Gasteiger partial charge in [-0.3, -0.25) is 0 Å². The second-order valence-electron chi connectivity index (χ2n) is 3.41. The molecule has 0 saturated carbocycles. The Kier molecular flexibility index (Phi) is 3.22. The van der Waals surface area contributed by atoms with Crippen LogP contribution in [0.2, 0.25) is 5.02 Å². The average Bonchev–Trinajstić information content (AvgIpc) is 2.30. The van der Waals surface area contributed by atoms with Crippen LogP contribution in [0, 0.1) is 0 Å². The van der Waals surface area contributed by atoms with E-state index >= 15 is 0 Å². The number of hydrogen-bond donors (Lipinski definition) is 1. The van der Waals surface area contributed by atoms with Gasteiger partial charge < -0.3 is 5.84 Å². The molecule has 3 heteroatoms. The smallest absolute Gasteiger partial charge is 0.0538 e. The Labute approximate surface area is 99.4 Å². The van der Waals surface area contributed by atoms with Crippen molar-refractivity contribution in [1.82, 2.24) is 0 Å². The van der Waals surface area contributed by atoms with Crippen LogP contribution in [0.15, 0.2) is 53.6 Å². The van der Waals surface area contributed by atoms with E-state index in [0.717, 1.165) is 21.7 Å². The molecule has 2 N–H and O–H groups in total. The molecule has 0 radical (unpaired) electrons. The molecule has 0 aliphatic carbocycles. The molecule has 16 heavy (non-hydrogen) atoms. The maximum absolute atomic E-state index is 5.95. The predicted octanol–water partition coefficient (Wildman–Crippen LogP) is 3.30. The van der Waals surface area contributed by atoms with Gasteiger partial charge in [-0.25, -0.2) is 0 Å². The van der Waals surface area contributed by atoms with E-state index in [1.807, 2.05) is 48.5 Å². The second kappa shape index (κ2) is 4.81. The second-order valence-corrected chi connectivity index (χ2v) is 3.85. The van der Waals surface area contributed by atoms with Crippen LogP contribution >= 0.6 is 11.6 Å². The summed E-state index contributed by atoms with van der Waals surface area (Å²) in [4.78, 5) is 0. The topological polar surface area (TPSA) is 38.4 Å². The van der Waals surface area contributed by atoms with Gasteiger partial charge in [0.05, 0.1) is 6.21 Å². The molecule has 0 aliphatic rings. The minimum atomic E-state index is 0.732. The van der Waals surface area contributed by atoms with Gasteiger partial charge in [-0.15, -0.1) is 0 Å². The summed E-state index contributed by atoms with van der Waals surface area (Å²) in [6.45, 7) is 0. The number of benzene rings is 2. The van der Waals surface area contributed by atoms with Crippen LogP contribution in [0.3, 0.4) is 0 Å². The molecule has 0 heterocycles. The molecule has 0 fully saturated rings. The molecule has 2 nitrogen and oxygen atoms in total. The zero-order chi connectivity index (χ0) is 11.4. The van der Waals surface area contributed by atoms with Crippen LogP contribution in [-0.2, 0) is 0 Å².